The lowest BCUT2D eigenvalue weighted by atomic mass is 10.1. The largest absolute Gasteiger partial charge is 0.573 e. The highest BCUT2D eigenvalue weighted by molar-refractivity contribution is 6.21. The van der Waals surface area contributed by atoms with Crippen molar-refractivity contribution in [1.29, 1.82) is 0 Å². The zero-order chi connectivity index (χ0) is 13.8. The van der Waals surface area contributed by atoms with Gasteiger partial charge in [0.1, 0.15) is 11.6 Å². The first-order valence-corrected chi connectivity index (χ1v) is 5.81. The molecule has 0 aliphatic heterocycles. The maximum Gasteiger partial charge on any atom is 0.573 e. The van der Waals surface area contributed by atoms with Crippen LogP contribution in [0.1, 0.15) is 13.8 Å². The van der Waals surface area contributed by atoms with Crippen molar-refractivity contribution < 1.29 is 17.9 Å². The molecule has 1 aromatic rings. The normalized spacial score (nSPS) is 13.5. The van der Waals surface area contributed by atoms with E-state index < -0.39 is 6.36 Å². The van der Waals surface area contributed by atoms with E-state index in [1.807, 2.05) is 13.8 Å². The van der Waals surface area contributed by atoms with Crippen molar-refractivity contribution >= 4 is 17.4 Å². The molecule has 0 spiro atoms. The third-order valence-corrected chi connectivity index (χ3v) is 2.83. The Morgan fingerprint density at radius 3 is 2.50 bits per heavy atom. The molecule has 0 amide bonds. The van der Waals surface area contributed by atoms with Gasteiger partial charge in [-0.25, -0.2) is 4.98 Å². The highest BCUT2D eigenvalue weighted by Crippen LogP contribution is 2.22. The van der Waals surface area contributed by atoms with Gasteiger partial charge in [0.05, 0.1) is 11.6 Å². The van der Waals surface area contributed by atoms with Gasteiger partial charge in [-0.1, -0.05) is 13.8 Å². The van der Waals surface area contributed by atoms with E-state index in [1.54, 1.807) is 0 Å². The van der Waals surface area contributed by atoms with Gasteiger partial charge in [-0.2, -0.15) is 0 Å². The number of halogens is 4. The quantitative estimate of drug-likeness (QED) is 0.837. The van der Waals surface area contributed by atoms with Crippen LogP contribution in [0.4, 0.5) is 19.0 Å². The number of anilines is 1. The second-order valence-corrected chi connectivity index (χ2v) is 4.63. The summed E-state index contributed by atoms with van der Waals surface area (Å²) in [6.45, 7) is 4.45. The van der Waals surface area contributed by atoms with Crippen molar-refractivity contribution in [2.24, 2.45) is 5.92 Å². The molecule has 1 N–H and O–H groups in total. The van der Waals surface area contributed by atoms with Gasteiger partial charge in [-0.05, 0) is 18.1 Å². The molecule has 1 aromatic heterocycles. The molecule has 18 heavy (non-hydrogen) atoms. The van der Waals surface area contributed by atoms with Crippen LogP contribution < -0.4 is 10.1 Å². The Balaban J connectivity index is 2.50. The van der Waals surface area contributed by atoms with E-state index in [1.165, 1.54) is 12.1 Å². The van der Waals surface area contributed by atoms with Gasteiger partial charge in [-0.3, -0.25) is 0 Å². The summed E-state index contributed by atoms with van der Waals surface area (Å²) in [5.74, 6) is 0.405. The predicted octanol–water partition coefficient (Wildman–Crippen LogP) is 3.66. The summed E-state index contributed by atoms with van der Waals surface area (Å²) in [6, 6.07) is 2.60. The average molecular weight is 283 g/mol. The Hall–Kier alpha value is -1.17. The van der Waals surface area contributed by atoms with Gasteiger partial charge in [0.15, 0.2) is 0 Å². The summed E-state index contributed by atoms with van der Waals surface area (Å²) in [4.78, 5) is 3.80. The molecule has 0 saturated heterocycles. The Morgan fingerprint density at radius 2 is 2.06 bits per heavy atom. The van der Waals surface area contributed by atoms with E-state index in [-0.39, 0.29) is 11.1 Å². The van der Waals surface area contributed by atoms with Crippen molar-refractivity contribution in [1.82, 2.24) is 4.98 Å². The highest BCUT2D eigenvalue weighted by Gasteiger charge is 2.31. The fourth-order valence-corrected chi connectivity index (χ4v) is 1.19. The van der Waals surface area contributed by atoms with Gasteiger partial charge in [0.25, 0.3) is 0 Å². The minimum Gasteiger partial charge on any atom is -0.404 e. The van der Waals surface area contributed by atoms with Crippen molar-refractivity contribution in [3.8, 4) is 5.75 Å². The fraction of sp³-hybridized carbons (Fsp3) is 0.545. The first-order chi connectivity index (χ1) is 8.28. The number of nitrogens with one attached hydrogen (secondary N) is 1. The Morgan fingerprint density at radius 1 is 1.39 bits per heavy atom. The molecule has 0 aliphatic carbocycles. The van der Waals surface area contributed by atoms with Gasteiger partial charge < -0.3 is 10.1 Å². The van der Waals surface area contributed by atoms with Crippen molar-refractivity contribution in [2.75, 3.05) is 11.9 Å². The molecule has 0 fully saturated rings. The summed E-state index contributed by atoms with van der Waals surface area (Å²) in [5.41, 5.74) is 0. The number of rotatable bonds is 5. The first kappa shape index (κ1) is 14.9. The van der Waals surface area contributed by atoms with Crippen LogP contribution in [-0.2, 0) is 0 Å². The van der Waals surface area contributed by atoms with Crippen LogP contribution in [0.15, 0.2) is 18.3 Å². The number of alkyl halides is 4. The first-order valence-electron chi connectivity index (χ1n) is 5.37. The van der Waals surface area contributed by atoms with Gasteiger partial charge in [0, 0.05) is 6.54 Å². The second kappa shape index (κ2) is 6.13. The SMILES string of the molecule is CC(C)C(Cl)CNc1ccc(OC(F)(F)F)cn1. The molecule has 3 nitrogen and oxygen atoms in total. The summed E-state index contributed by atoms with van der Waals surface area (Å²) < 4.78 is 39.4. The highest BCUT2D eigenvalue weighted by atomic mass is 35.5. The minimum absolute atomic E-state index is 0.0714. The predicted molar refractivity (Wildman–Crippen MR) is 63.9 cm³/mol. The minimum atomic E-state index is -4.70. The Labute approximate surface area is 108 Å². The maximum atomic E-state index is 11.9. The number of nitrogens with zero attached hydrogens (tertiary/aromatic N) is 1. The van der Waals surface area contributed by atoms with E-state index in [9.17, 15) is 13.2 Å². The molecule has 1 heterocycles. The van der Waals surface area contributed by atoms with Crippen molar-refractivity contribution in [3.05, 3.63) is 18.3 Å². The number of hydrogen-bond acceptors (Lipinski definition) is 3. The average Bonchev–Trinajstić information content (AvgIpc) is 2.25. The van der Waals surface area contributed by atoms with Crippen molar-refractivity contribution in [3.63, 3.8) is 0 Å². The zero-order valence-electron chi connectivity index (χ0n) is 9.96. The second-order valence-electron chi connectivity index (χ2n) is 4.07. The standard InChI is InChI=1S/C11H14ClF3N2O/c1-7(2)9(12)6-17-10-4-3-8(5-16-10)18-11(13,14)15/h3-5,7,9H,6H2,1-2H3,(H,16,17). The lowest BCUT2D eigenvalue weighted by molar-refractivity contribution is -0.274. The summed E-state index contributed by atoms with van der Waals surface area (Å²) in [7, 11) is 0. The van der Waals surface area contributed by atoms with E-state index in [4.69, 9.17) is 11.6 Å². The molecular weight excluding hydrogens is 269 g/mol. The van der Waals surface area contributed by atoms with Crippen LogP contribution in [0.2, 0.25) is 0 Å². The van der Waals surface area contributed by atoms with Gasteiger partial charge >= 0.3 is 6.36 Å². The summed E-state index contributed by atoms with van der Waals surface area (Å²) >= 11 is 6.02. The van der Waals surface area contributed by atoms with E-state index in [0.717, 1.165) is 6.20 Å². The fourth-order valence-electron chi connectivity index (χ4n) is 1.12. The van der Waals surface area contributed by atoms with Gasteiger partial charge in [0.2, 0.25) is 0 Å². The molecular formula is C11H14ClF3N2O. The van der Waals surface area contributed by atoms with E-state index in [2.05, 4.69) is 15.0 Å². The Kier molecular flexibility index (Phi) is 5.07. The monoisotopic (exact) mass is 282 g/mol. The third kappa shape index (κ3) is 5.44. The van der Waals surface area contributed by atoms with Crippen molar-refractivity contribution in [2.45, 2.75) is 25.6 Å². The summed E-state index contributed by atoms with van der Waals surface area (Å²) in [5, 5.41) is 2.86. The summed E-state index contributed by atoms with van der Waals surface area (Å²) in [6.07, 6.45) is -3.69. The van der Waals surface area contributed by atoms with E-state index >= 15 is 0 Å². The van der Waals surface area contributed by atoms with Crippen LogP contribution in [0.25, 0.3) is 0 Å². The third-order valence-electron chi connectivity index (χ3n) is 2.17. The van der Waals surface area contributed by atoms with Crippen LogP contribution in [-0.4, -0.2) is 23.3 Å². The molecule has 1 unspecified atom stereocenters. The molecule has 1 rings (SSSR count). The Bertz CT molecular complexity index is 368. The number of ether oxygens (including phenoxy) is 1. The molecule has 0 bridgehead atoms. The number of aromatic nitrogens is 1. The molecule has 1 atom stereocenters. The molecule has 0 saturated carbocycles. The molecule has 0 aliphatic rings. The lowest BCUT2D eigenvalue weighted by Gasteiger charge is -2.14. The topological polar surface area (TPSA) is 34.1 Å². The smallest absolute Gasteiger partial charge is 0.404 e. The molecule has 102 valence electrons. The van der Waals surface area contributed by atoms with E-state index in [0.29, 0.717) is 18.3 Å². The van der Waals surface area contributed by atoms with Crippen LogP contribution in [0, 0.1) is 5.92 Å². The van der Waals surface area contributed by atoms with Crippen LogP contribution in [0.5, 0.6) is 5.75 Å². The maximum absolute atomic E-state index is 11.9. The molecule has 0 aromatic carbocycles. The number of pyridine rings is 1. The lowest BCUT2D eigenvalue weighted by Crippen LogP contribution is -2.20. The van der Waals surface area contributed by atoms with Crippen LogP contribution >= 0.6 is 11.6 Å². The zero-order valence-corrected chi connectivity index (χ0v) is 10.7. The molecule has 7 heteroatoms. The van der Waals surface area contributed by atoms with Gasteiger partial charge in [-0.15, -0.1) is 24.8 Å². The number of hydrogen-bond donors (Lipinski definition) is 1. The van der Waals surface area contributed by atoms with Crippen LogP contribution in [0.3, 0.4) is 0 Å². The molecule has 0 radical (unpaired) electrons.